The number of carboxylic acid groups (broad SMARTS) is 1. The Morgan fingerprint density at radius 3 is 2.76 bits per heavy atom. The van der Waals surface area contributed by atoms with Gasteiger partial charge in [-0.3, -0.25) is 4.68 Å². The number of hydrogen-bond donors (Lipinski definition) is 1. The number of fused-ring (bicyclic) bond motifs is 1. The van der Waals surface area contributed by atoms with Gasteiger partial charge < -0.3 is 10.0 Å². The number of hydrogen-bond acceptors (Lipinski definition) is 4. The molecule has 2 aromatic rings. The Bertz CT molecular complexity index is 703. The van der Waals surface area contributed by atoms with E-state index in [1.807, 2.05) is 25.7 Å². The number of aryl methyl sites for hydroxylation is 2. The van der Waals surface area contributed by atoms with Gasteiger partial charge in [-0.25, -0.2) is 9.78 Å². The lowest BCUT2D eigenvalue weighted by Crippen LogP contribution is -2.32. The molecule has 6 nitrogen and oxygen atoms in total. The van der Waals surface area contributed by atoms with Crippen LogP contribution in [0.15, 0.2) is 18.9 Å². The van der Waals surface area contributed by atoms with Crippen LogP contribution in [0.1, 0.15) is 29.9 Å². The van der Waals surface area contributed by atoms with Crippen LogP contribution >= 0.6 is 0 Å². The van der Waals surface area contributed by atoms with Crippen LogP contribution in [-0.2, 0) is 7.05 Å². The highest BCUT2D eigenvalue weighted by molar-refractivity contribution is 6.05. The summed E-state index contributed by atoms with van der Waals surface area (Å²) in [5, 5.41) is 14.6. The minimum atomic E-state index is -0.989. The molecule has 0 saturated carbocycles. The van der Waals surface area contributed by atoms with E-state index in [2.05, 4.69) is 16.7 Å². The number of anilines is 1. The van der Waals surface area contributed by atoms with Crippen molar-refractivity contribution >= 4 is 22.7 Å². The largest absolute Gasteiger partial charge is 0.478 e. The van der Waals surface area contributed by atoms with E-state index < -0.39 is 5.97 Å². The van der Waals surface area contributed by atoms with Crippen LogP contribution in [-0.4, -0.2) is 38.4 Å². The first kappa shape index (κ1) is 15.0. The number of carbonyl (C=O) groups is 1. The topological polar surface area (TPSA) is 71.2 Å². The van der Waals surface area contributed by atoms with Crippen molar-refractivity contribution in [3.05, 3.63) is 30.1 Å². The van der Waals surface area contributed by atoms with Crippen molar-refractivity contribution in [1.29, 1.82) is 0 Å². The SMILES string of the molecule is C=CCN(c1c(C(=O)O)cnc2c1c(C)nn2C)C(C)C. The molecule has 0 atom stereocenters. The molecule has 0 aromatic carbocycles. The lowest BCUT2D eigenvalue weighted by molar-refractivity contribution is 0.0697. The third-order valence-corrected chi connectivity index (χ3v) is 3.47. The zero-order valence-corrected chi connectivity index (χ0v) is 12.8. The summed E-state index contributed by atoms with van der Waals surface area (Å²) in [5.74, 6) is -0.989. The fourth-order valence-electron chi connectivity index (χ4n) is 2.55. The molecule has 112 valence electrons. The molecular formula is C15H20N4O2. The molecule has 0 fully saturated rings. The van der Waals surface area contributed by atoms with E-state index in [9.17, 15) is 9.90 Å². The monoisotopic (exact) mass is 288 g/mol. The molecule has 0 saturated heterocycles. The maximum atomic E-state index is 11.6. The van der Waals surface area contributed by atoms with Crippen molar-refractivity contribution < 1.29 is 9.90 Å². The third kappa shape index (κ3) is 2.49. The van der Waals surface area contributed by atoms with Gasteiger partial charge in [-0.05, 0) is 20.8 Å². The maximum absolute atomic E-state index is 11.6. The molecule has 2 rings (SSSR count). The van der Waals surface area contributed by atoms with Crippen molar-refractivity contribution in [1.82, 2.24) is 14.8 Å². The summed E-state index contributed by atoms with van der Waals surface area (Å²) in [7, 11) is 1.81. The van der Waals surface area contributed by atoms with E-state index in [4.69, 9.17) is 0 Å². The Balaban J connectivity index is 2.86. The van der Waals surface area contributed by atoms with Gasteiger partial charge in [-0.15, -0.1) is 6.58 Å². The van der Waals surface area contributed by atoms with Crippen LogP contribution in [0.2, 0.25) is 0 Å². The number of aromatic carboxylic acids is 1. The van der Waals surface area contributed by atoms with Crippen LogP contribution in [0.5, 0.6) is 0 Å². The van der Waals surface area contributed by atoms with Gasteiger partial charge in [0, 0.05) is 25.8 Å². The zero-order valence-electron chi connectivity index (χ0n) is 12.8. The highest BCUT2D eigenvalue weighted by Gasteiger charge is 2.24. The van der Waals surface area contributed by atoms with Gasteiger partial charge in [0.15, 0.2) is 5.65 Å². The highest BCUT2D eigenvalue weighted by atomic mass is 16.4. The van der Waals surface area contributed by atoms with Crippen LogP contribution in [0.25, 0.3) is 11.0 Å². The average Bonchev–Trinajstić information content (AvgIpc) is 2.70. The second-order valence-corrected chi connectivity index (χ2v) is 5.27. The second kappa shape index (κ2) is 5.55. The molecular weight excluding hydrogens is 268 g/mol. The molecule has 2 aromatic heterocycles. The molecule has 1 N–H and O–H groups in total. The molecule has 0 amide bonds. The Kier molecular flexibility index (Phi) is 3.97. The Morgan fingerprint density at radius 1 is 1.57 bits per heavy atom. The minimum Gasteiger partial charge on any atom is -0.478 e. The third-order valence-electron chi connectivity index (χ3n) is 3.47. The smallest absolute Gasteiger partial charge is 0.339 e. The molecule has 21 heavy (non-hydrogen) atoms. The van der Waals surface area contributed by atoms with Crippen LogP contribution in [0.3, 0.4) is 0 Å². The summed E-state index contributed by atoms with van der Waals surface area (Å²) in [6.45, 7) is 10.2. The van der Waals surface area contributed by atoms with E-state index in [1.165, 1.54) is 6.20 Å². The number of rotatable bonds is 5. The molecule has 0 aliphatic carbocycles. The fraction of sp³-hybridized carbons (Fsp3) is 0.400. The molecule has 2 heterocycles. The summed E-state index contributed by atoms with van der Waals surface area (Å²) in [6.07, 6.45) is 3.17. The predicted molar refractivity (Wildman–Crippen MR) is 82.9 cm³/mol. The standard InChI is InChI=1S/C15H20N4O2/c1-6-7-19(9(2)3)13-11(15(20)21)8-16-14-12(13)10(4)17-18(14)5/h6,8-9H,1,7H2,2-5H3,(H,20,21). The molecule has 0 radical (unpaired) electrons. The molecule has 0 aliphatic rings. The summed E-state index contributed by atoms with van der Waals surface area (Å²) in [5.41, 5.74) is 2.30. The van der Waals surface area contributed by atoms with Gasteiger partial charge in [-0.1, -0.05) is 6.08 Å². The van der Waals surface area contributed by atoms with Gasteiger partial charge in [0.1, 0.15) is 5.56 Å². The summed E-state index contributed by atoms with van der Waals surface area (Å²) in [4.78, 5) is 17.9. The van der Waals surface area contributed by atoms with Crippen LogP contribution in [0, 0.1) is 6.92 Å². The molecule has 0 bridgehead atoms. The number of carboxylic acids is 1. The zero-order chi connectivity index (χ0) is 15.7. The molecule has 0 unspecified atom stereocenters. The van der Waals surface area contributed by atoms with Gasteiger partial charge in [0.2, 0.25) is 0 Å². The summed E-state index contributed by atoms with van der Waals surface area (Å²) >= 11 is 0. The normalized spacial score (nSPS) is 11.1. The van der Waals surface area contributed by atoms with E-state index in [0.29, 0.717) is 17.9 Å². The Hall–Kier alpha value is -2.37. The fourth-order valence-corrected chi connectivity index (χ4v) is 2.55. The van der Waals surface area contributed by atoms with Gasteiger partial charge >= 0.3 is 5.97 Å². The van der Waals surface area contributed by atoms with Crippen LogP contribution in [0.4, 0.5) is 5.69 Å². The quantitative estimate of drug-likeness (QED) is 0.855. The number of aromatic nitrogens is 3. The lowest BCUT2D eigenvalue weighted by Gasteiger charge is -2.29. The minimum absolute atomic E-state index is 0.131. The maximum Gasteiger partial charge on any atom is 0.339 e. The number of pyridine rings is 1. The predicted octanol–water partition coefficient (Wildman–Crippen LogP) is 2.38. The van der Waals surface area contributed by atoms with E-state index >= 15 is 0 Å². The van der Waals surface area contributed by atoms with Crippen molar-refractivity contribution in [2.75, 3.05) is 11.4 Å². The first-order valence-electron chi connectivity index (χ1n) is 6.81. The Morgan fingerprint density at radius 2 is 2.24 bits per heavy atom. The molecule has 0 aliphatic heterocycles. The summed E-state index contributed by atoms with van der Waals surface area (Å²) in [6, 6.07) is 0.131. The van der Waals surface area contributed by atoms with E-state index in [0.717, 1.165) is 11.1 Å². The number of nitrogens with zero attached hydrogens (tertiary/aromatic N) is 4. The Labute approximate surface area is 123 Å². The van der Waals surface area contributed by atoms with Gasteiger partial charge in [0.05, 0.1) is 16.8 Å². The van der Waals surface area contributed by atoms with Gasteiger partial charge in [0.25, 0.3) is 0 Å². The molecule has 0 spiro atoms. The highest BCUT2D eigenvalue weighted by Crippen LogP contribution is 2.33. The average molecular weight is 288 g/mol. The van der Waals surface area contributed by atoms with E-state index in [1.54, 1.807) is 17.8 Å². The second-order valence-electron chi connectivity index (χ2n) is 5.27. The van der Waals surface area contributed by atoms with Crippen molar-refractivity contribution in [2.24, 2.45) is 7.05 Å². The lowest BCUT2D eigenvalue weighted by atomic mass is 10.1. The van der Waals surface area contributed by atoms with Crippen molar-refractivity contribution in [2.45, 2.75) is 26.8 Å². The van der Waals surface area contributed by atoms with Crippen molar-refractivity contribution in [3.8, 4) is 0 Å². The van der Waals surface area contributed by atoms with Crippen molar-refractivity contribution in [3.63, 3.8) is 0 Å². The molecule has 6 heteroatoms. The van der Waals surface area contributed by atoms with Crippen LogP contribution < -0.4 is 4.90 Å². The summed E-state index contributed by atoms with van der Waals surface area (Å²) < 4.78 is 1.67. The van der Waals surface area contributed by atoms with E-state index in [-0.39, 0.29) is 11.6 Å². The first-order chi connectivity index (χ1) is 9.88. The van der Waals surface area contributed by atoms with Gasteiger partial charge in [-0.2, -0.15) is 5.10 Å². The first-order valence-corrected chi connectivity index (χ1v) is 6.81.